The van der Waals surface area contributed by atoms with E-state index in [1.165, 1.54) is 13.3 Å². The number of nitrogens with zero attached hydrogens (tertiary/aromatic N) is 8. The Labute approximate surface area is 266 Å². The molecule has 2 fully saturated rings. The maximum Gasteiger partial charge on any atom is 0.324 e. The van der Waals surface area contributed by atoms with Crippen LogP contribution in [0.1, 0.15) is 43.7 Å². The zero-order chi connectivity index (χ0) is 31.9. The van der Waals surface area contributed by atoms with E-state index in [4.69, 9.17) is 9.47 Å². The summed E-state index contributed by atoms with van der Waals surface area (Å²) in [7, 11) is 1.51. The van der Waals surface area contributed by atoms with Gasteiger partial charge in [-0.25, -0.2) is 29.7 Å². The minimum absolute atomic E-state index is 0.0901. The number of methoxy groups -OCH3 is 1. The number of anilines is 3. The topological polar surface area (TPSA) is 176 Å². The average Bonchev–Trinajstić information content (AvgIpc) is 3.08. The van der Waals surface area contributed by atoms with E-state index in [1.54, 1.807) is 29.7 Å². The summed E-state index contributed by atoms with van der Waals surface area (Å²) in [5.41, 5.74) is 2.57. The first-order chi connectivity index (χ1) is 22.4. The fourth-order valence-electron chi connectivity index (χ4n) is 5.50. The Balaban J connectivity index is 1.15. The number of carbonyl (C=O) groups excluding carboxylic acids is 1. The van der Waals surface area contributed by atoms with Crippen LogP contribution in [0.2, 0.25) is 0 Å². The molecule has 2 aliphatic rings. The van der Waals surface area contributed by atoms with Gasteiger partial charge in [0.15, 0.2) is 0 Å². The lowest BCUT2D eigenvalue weighted by molar-refractivity contribution is -0.0320. The number of carbonyl (C=O) groups is 1. The molecule has 4 heterocycles. The number of urea groups is 1. The van der Waals surface area contributed by atoms with Crippen LogP contribution in [-0.2, 0) is 11.3 Å². The molecule has 6 rings (SSSR count). The number of aromatic nitrogens is 6. The van der Waals surface area contributed by atoms with Crippen molar-refractivity contribution >= 4 is 23.7 Å². The van der Waals surface area contributed by atoms with Crippen molar-refractivity contribution in [1.82, 2.24) is 35.2 Å². The summed E-state index contributed by atoms with van der Waals surface area (Å²) in [4.78, 5) is 41.8. The number of benzene rings is 1. The van der Waals surface area contributed by atoms with Gasteiger partial charge in [-0.1, -0.05) is 30.3 Å². The van der Waals surface area contributed by atoms with Crippen molar-refractivity contribution in [2.45, 2.75) is 56.8 Å². The van der Waals surface area contributed by atoms with Crippen LogP contribution in [0.3, 0.4) is 0 Å². The molecule has 1 saturated carbocycles. The van der Waals surface area contributed by atoms with E-state index in [2.05, 4.69) is 51.9 Å². The Morgan fingerprint density at radius 2 is 1.67 bits per heavy atom. The van der Waals surface area contributed by atoms with Gasteiger partial charge >= 0.3 is 12.0 Å². The summed E-state index contributed by atoms with van der Waals surface area (Å²) in [6, 6.07) is 11.9. The molecule has 1 saturated heterocycles. The second kappa shape index (κ2) is 13.7. The van der Waals surface area contributed by atoms with Crippen LogP contribution in [0.25, 0.3) is 11.1 Å². The first-order valence-corrected chi connectivity index (χ1v) is 15.1. The van der Waals surface area contributed by atoms with E-state index in [1.807, 2.05) is 37.3 Å². The molecular weight excluding hydrogens is 586 g/mol. The minimum atomic E-state index is -0.264. The molecule has 2 amide bonds. The molecule has 0 spiro atoms. The number of nitriles is 1. The van der Waals surface area contributed by atoms with E-state index in [0.717, 1.165) is 29.5 Å². The van der Waals surface area contributed by atoms with Gasteiger partial charge < -0.3 is 25.4 Å². The average molecular weight is 622 g/mol. The molecule has 0 radical (unpaired) electrons. The third kappa shape index (κ3) is 7.10. The molecule has 14 heteroatoms. The molecule has 3 aromatic heterocycles. The van der Waals surface area contributed by atoms with Crippen molar-refractivity contribution in [2.24, 2.45) is 0 Å². The van der Waals surface area contributed by atoms with Crippen LogP contribution in [-0.4, -0.2) is 73.9 Å². The maximum atomic E-state index is 13.7. The van der Waals surface area contributed by atoms with Crippen LogP contribution >= 0.6 is 0 Å². The number of hydrogen-bond acceptors (Lipinski definition) is 12. The fourth-order valence-corrected chi connectivity index (χ4v) is 5.50. The van der Waals surface area contributed by atoms with Gasteiger partial charge in [0, 0.05) is 54.5 Å². The number of rotatable bonds is 10. The Hall–Kier alpha value is -5.42. The SMILES string of the molecule is COc1ncc(-c2cnc(N(C(=O)NCc3ccccc3)[C@H]3CC[C@H](Nc4ncc(C#N)c(NC5(C)COC5)n4)CC3)nc2)cn1. The standard InChI is InChI=1S/C32H35N11O3/c1-32(19-46-20-32)42-27-22(12-33)14-34-28(41-27)40-25-8-10-26(11-9-25)43(31(44)39-13-21-6-4-3-5-7-21)29-35-15-23(16-36-29)24-17-37-30(45-2)38-18-24/h3-7,14-18,25-26H,8-11,13,19-20H2,1-2H3,(H,39,44)(H2,34,40,41,42)/t25-,26-. The van der Waals surface area contributed by atoms with Gasteiger partial charge in [-0.15, -0.1) is 0 Å². The first-order valence-electron chi connectivity index (χ1n) is 15.1. The zero-order valence-corrected chi connectivity index (χ0v) is 25.7. The summed E-state index contributed by atoms with van der Waals surface area (Å²) in [5, 5.41) is 19.4. The number of ether oxygens (including phenoxy) is 2. The number of hydrogen-bond donors (Lipinski definition) is 3. The van der Waals surface area contributed by atoms with Gasteiger partial charge in [0.05, 0.1) is 32.1 Å². The van der Waals surface area contributed by atoms with Crippen LogP contribution in [0, 0.1) is 11.3 Å². The fraction of sp³-hybridized carbons (Fsp3) is 0.375. The Kier molecular flexibility index (Phi) is 9.11. The highest BCUT2D eigenvalue weighted by Gasteiger charge is 2.35. The van der Waals surface area contributed by atoms with Crippen LogP contribution in [0.15, 0.2) is 61.3 Å². The molecule has 0 unspecified atom stereocenters. The van der Waals surface area contributed by atoms with Crippen LogP contribution in [0.5, 0.6) is 6.01 Å². The predicted octanol–water partition coefficient (Wildman–Crippen LogP) is 3.94. The highest BCUT2D eigenvalue weighted by atomic mass is 16.5. The number of nitrogens with one attached hydrogen (secondary N) is 3. The summed E-state index contributed by atoms with van der Waals surface area (Å²) in [6.07, 6.45) is 11.1. The second-order valence-electron chi connectivity index (χ2n) is 11.6. The van der Waals surface area contributed by atoms with Crippen molar-refractivity contribution in [3.8, 4) is 23.2 Å². The molecule has 0 atom stereocenters. The van der Waals surface area contributed by atoms with Crippen LogP contribution in [0.4, 0.5) is 22.5 Å². The van der Waals surface area contributed by atoms with Gasteiger partial charge in [0.2, 0.25) is 11.9 Å². The summed E-state index contributed by atoms with van der Waals surface area (Å²) in [5.74, 6) is 1.26. The van der Waals surface area contributed by atoms with Crippen molar-refractivity contribution in [1.29, 1.82) is 5.26 Å². The summed E-state index contributed by atoms with van der Waals surface area (Å²) < 4.78 is 10.4. The molecule has 236 valence electrons. The Morgan fingerprint density at radius 1 is 1.00 bits per heavy atom. The zero-order valence-electron chi connectivity index (χ0n) is 25.7. The normalized spacial score (nSPS) is 18.4. The molecule has 4 aromatic rings. The van der Waals surface area contributed by atoms with E-state index >= 15 is 0 Å². The first kappa shape index (κ1) is 30.6. The second-order valence-corrected chi connectivity index (χ2v) is 11.6. The Morgan fingerprint density at radius 3 is 2.28 bits per heavy atom. The molecule has 46 heavy (non-hydrogen) atoms. The smallest absolute Gasteiger partial charge is 0.324 e. The largest absolute Gasteiger partial charge is 0.467 e. The molecule has 1 aliphatic carbocycles. The third-order valence-electron chi connectivity index (χ3n) is 8.07. The predicted molar refractivity (Wildman–Crippen MR) is 170 cm³/mol. The van der Waals surface area contributed by atoms with Gasteiger partial charge in [-0.3, -0.25) is 4.90 Å². The van der Waals surface area contributed by atoms with Gasteiger partial charge in [-0.05, 0) is 38.2 Å². The van der Waals surface area contributed by atoms with Crippen molar-refractivity contribution in [3.05, 3.63) is 72.4 Å². The van der Waals surface area contributed by atoms with E-state index in [0.29, 0.717) is 55.9 Å². The molecule has 14 nitrogen and oxygen atoms in total. The van der Waals surface area contributed by atoms with E-state index in [-0.39, 0.29) is 29.7 Å². The Bertz CT molecular complexity index is 1670. The third-order valence-corrected chi connectivity index (χ3v) is 8.07. The molecule has 1 aliphatic heterocycles. The lowest BCUT2D eigenvalue weighted by Crippen LogP contribution is -2.53. The monoisotopic (exact) mass is 621 g/mol. The summed E-state index contributed by atoms with van der Waals surface area (Å²) in [6.45, 7) is 3.51. The van der Waals surface area contributed by atoms with Gasteiger partial charge in [0.1, 0.15) is 17.5 Å². The van der Waals surface area contributed by atoms with Gasteiger partial charge in [-0.2, -0.15) is 10.2 Å². The lowest BCUT2D eigenvalue weighted by Gasteiger charge is -2.39. The van der Waals surface area contributed by atoms with E-state index < -0.39 is 0 Å². The van der Waals surface area contributed by atoms with Crippen molar-refractivity contribution in [2.75, 3.05) is 35.9 Å². The molecule has 3 N–H and O–H groups in total. The van der Waals surface area contributed by atoms with Crippen LogP contribution < -0.4 is 25.6 Å². The quantitative estimate of drug-likeness (QED) is 0.233. The molecule has 0 bridgehead atoms. The lowest BCUT2D eigenvalue weighted by atomic mass is 9.90. The highest BCUT2D eigenvalue weighted by Crippen LogP contribution is 2.29. The number of amides is 2. The highest BCUT2D eigenvalue weighted by molar-refractivity contribution is 5.90. The van der Waals surface area contributed by atoms with Crippen molar-refractivity contribution in [3.63, 3.8) is 0 Å². The summed E-state index contributed by atoms with van der Waals surface area (Å²) >= 11 is 0. The van der Waals surface area contributed by atoms with Gasteiger partial charge in [0.25, 0.3) is 0 Å². The minimum Gasteiger partial charge on any atom is -0.467 e. The van der Waals surface area contributed by atoms with E-state index in [9.17, 15) is 10.1 Å². The molecular formula is C32H35N11O3. The van der Waals surface area contributed by atoms with Crippen molar-refractivity contribution < 1.29 is 14.3 Å². The molecule has 1 aromatic carbocycles. The maximum absolute atomic E-state index is 13.7.